The van der Waals surface area contributed by atoms with Gasteiger partial charge in [-0.1, -0.05) is 48.0 Å². The van der Waals surface area contributed by atoms with Crippen molar-refractivity contribution in [3.8, 4) is 0 Å². The van der Waals surface area contributed by atoms with Crippen molar-refractivity contribution in [1.29, 1.82) is 0 Å². The Bertz CT molecular complexity index is 517. The van der Waals surface area contributed by atoms with Crippen LogP contribution in [0.1, 0.15) is 15.9 Å². The molecule has 2 rings (SSSR count). The fraction of sp³-hybridized carbons (Fsp3) is 0.0714. The van der Waals surface area contributed by atoms with Gasteiger partial charge in [0.1, 0.15) is 5.82 Å². The second kappa shape index (κ2) is 5.11. The number of hydrogen-bond acceptors (Lipinski definition) is 1. The van der Waals surface area contributed by atoms with Gasteiger partial charge >= 0.3 is 0 Å². The van der Waals surface area contributed by atoms with Crippen molar-refractivity contribution in [3.63, 3.8) is 0 Å². The van der Waals surface area contributed by atoms with Crippen molar-refractivity contribution >= 4 is 17.4 Å². The van der Waals surface area contributed by atoms with Crippen molar-refractivity contribution in [3.05, 3.63) is 70.5 Å². The van der Waals surface area contributed by atoms with Gasteiger partial charge in [0.25, 0.3) is 0 Å². The maximum Gasteiger partial charge on any atom is 0.167 e. The van der Waals surface area contributed by atoms with Crippen LogP contribution in [0.15, 0.2) is 48.5 Å². The number of Topliss-reactive ketones (excluding diaryl/α,β-unsaturated/α-hetero) is 1. The van der Waals surface area contributed by atoms with E-state index >= 15 is 0 Å². The van der Waals surface area contributed by atoms with Crippen LogP contribution in [0.3, 0.4) is 0 Å². The van der Waals surface area contributed by atoms with E-state index in [9.17, 15) is 9.18 Å². The van der Waals surface area contributed by atoms with Crippen LogP contribution in [0.2, 0.25) is 5.02 Å². The molecule has 86 valence electrons. The van der Waals surface area contributed by atoms with E-state index in [4.69, 9.17) is 11.6 Å². The first-order valence-electron chi connectivity index (χ1n) is 5.19. The van der Waals surface area contributed by atoms with Crippen LogP contribution in [0.25, 0.3) is 0 Å². The highest BCUT2D eigenvalue weighted by molar-refractivity contribution is 6.31. The lowest BCUT2D eigenvalue weighted by molar-refractivity contribution is 0.0992. The van der Waals surface area contributed by atoms with Gasteiger partial charge in [-0.2, -0.15) is 0 Å². The van der Waals surface area contributed by atoms with Crippen molar-refractivity contribution in [2.45, 2.75) is 6.42 Å². The Balaban J connectivity index is 2.25. The first-order valence-corrected chi connectivity index (χ1v) is 5.57. The lowest BCUT2D eigenvalue weighted by atomic mass is 10.0. The maximum atomic E-state index is 13.5. The Labute approximate surface area is 104 Å². The van der Waals surface area contributed by atoms with Gasteiger partial charge in [-0.25, -0.2) is 4.39 Å². The van der Waals surface area contributed by atoms with Gasteiger partial charge in [0, 0.05) is 22.6 Å². The average molecular weight is 249 g/mol. The molecule has 0 unspecified atom stereocenters. The van der Waals surface area contributed by atoms with Crippen LogP contribution in [-0.4, -0.2) is 5.78 Å². The largest absolute Gasteiger partial charge is 0.294 e. The van der Waals surface area contributed by atoms with E-state index < -0.39 is 5.82 Å². The number of hydrogen-bond donors (Lipinski definition) is 0. The van der Waals surface area contributed by atoms with E-state index in [0.29, 0.717) is 5.56 Å². The van der Waals surface area contributed by atoms with Gasteiger partial charge in [0.05, 0.1) is 0 Å². The third-order valence-corrected chi connectivity index (χ3v) is 2.85. The molecule has 0 atom stereocenters. The lowest BCUT2D eigenvalue weighted by Crippen LogP contribution is -2.05. The minimum absolute atomic E-state index is 0.0183. The topological polar surface area (TPSA) is 17.1 Å². The van der Waals surface area contributed by atoms with Gasteiger partial charge in [-0.05, 0) is 12.1 Å². The van der Waals surface area contributed by atoms with Crippen molar-refractivity contribution in [2.75, 3.05) is 0 Å². The summed E-state index contributed by atoms with van der Waals surface area (Å²) in [6.45, 7) is 0. The molecule has 0 bridgehead atoms. The van der Waals surface area contributed by atoms with Gasteiger partial charge in [-0.3, -0.25) is 4.79 Å². The summed E-state index contributed by atoms with van der Waals surface area (Å²) in [6, 6.07) is 13.2. The standard InChI is InChI=1S/C14H10ClFO/c15-12-7-4-8-13(16)11(12)9-14(17)10-5-2-1-3-6-10/h1-8H,9H2. The summed E-state index contributed by atoms with van der Waals surface area (Å²) < 4.78 is 13.5. The van der Waals surface area contributed by atoms with Crippen LogP contribution < -0.4 is 0 Å². The molecule has 0 spiro atoms. The van der Waals surface area contributed by atoms with Crippen molar-refractivity contribution < 1.29 is 9.18 Å². The fourth-order valence-electron chi connectivity index (χ4n) is 1.59. The molecule has 0 aliphatic rings. The fourth-order valence-corrected chi connectivity index (χ4v) is 1.82. The van der Waals surface area contributed by atoms with Crippen molar-refractivity contribution in [2.24, 2.45) is 0 Å². The number of benzene rings is 2. The van der Waals surface area contributed by atoms with E-state index in [1.807, 2.05) is 6.07 Å². The zero-order valence-corrected chi connectivity index (χ0v) is 9.75. The molecule has 3 heteroatoms. The molecular formula is C14H10ClFO. The summed E-state index contributed by atoms with van der Waals surface area (Å²) in [7, 11) is 0. The molecule has 0 aromatic heterocycles. The first kappa shape index (κ1) is 11.8. The summed E-state index contributed by atoms with van der Waals surface area (Å²) in [4.78, 5) is 11.9. The summed E-state index contributed by atoms with van der Waals surface area (Å²) >= 11 is 5.87. The Morgan fingerprint density at radius 3 is 2.41 bits per heavy atom. The van der Waals surface area contributed by atoms with E-state index in [1.165, 1.54) is 12.1 Å². The van der Waals surface area contributed by atoms with Gasteiger partial charge in [0.15, 0.2) is 5.78 Å². The average Bonchev–Trinajstić information content (AvgIpc) is 2.35. The third-order valence-electron chi connectivity index (χ3n) is 2.49. The van der Waals surface area contributed by atoms with Crippen LogP contribution >= 0.6 is 11.6 Å². The molecule has 0 fully saturated rings. The van der Waals surface area contributed by atoms with Crippen LogP contribution in [0.4, 0.5) is 4.39 Å². The molecule has 17 heavy (non-hydrogen) atoms. The molecule has 0 aliphatic carbocycles. The molecule has 0 saturated heterocycles. The second-order valence-corrected chi connectivity index (χ2v) is 4.07. The quantitative estimate of drug-likeness (QED) is 0.753. The van der Waals surface area contributed by atoms with Crippen LogP contribution in [-0.2, 0) is 6.42 Å². The summed E-state index contributed by atoms with van der Waals surface area (Å²) in [5.74, 6) is -0.584. The highest BCUT2D eigenvalue weighted by atomic mass is 35.5. The maximum absolute atomic E-state index is 13.5. The van der Waals surface area contributed by atoms with Gasteiger partial charge < -0.3 is 0 Å². The molecule has 2 aromatic rings. The molecule has 0 aliphatic heterocycles. The van der Waals surface area contributed by atoms with E-state index in [-0.39, 0.29) is 22.8 Å². The lowest BCUT2D eigenvalue weighted by Gasteiger charge is -2.05. The minimum Gasteiger partial charge on any atom is -0.294 e. The Kier molecular flexibility index (Phi) is 3.55. The van der Waals surface area contributed by atoms with Crippen LogP contribution in [0, 0.1) is 5.82 Å². The Morgan fingerprint density at radius 1 is 1.06 bits per heavy atom. The van der Waals surface area contributed by atoms with Gasteiger partial charge in [0.2, 0.25) is 0 Å². The predicted molar refractivity (Wildman–Crippen MR) is 65.9 cm³/mol. The highest BCUT2D eigenvalue weighted by Crippen LogP contribution is 2.20. The van der Waals surface area contributed by atoms with E-state index in [1.54, 1.807) is 30.3 Å². The first-order chi connectivity index (χ1) is 8.18. The number of carbonyl (C=O) groups is 1. The smallest absolute Gasteiger partial charge is 0.167 e. The minimum atomic E-state index is -0.443. The van der Waals surface area contributed by atoms with E-state index in [2.05, 4.69) is 0 Å². The molecule has 2 aromatic carbocycles. The number of ketones is 1. The molecular weight excluding hydrogens is 239 g/mol. The third kappa shape index (κ3) is 2.71. The van der Waals surface area contributed by atoms with Crippen molar-refractivity contribution in [1.82, 2.24) is 0 Å². The zero-order chi connectivity index (χ0) is 12.3. The summed E-state index contributed by atoms with van der Waals surface area (Å²) in [6.07, 6.45) is -0.0183. The number of carbonyl (C=O) groups excluding carboxylic acids is 1. The summed E-state index contributed by atoms with van der Waals surface area (Å²) in [5, 5.41) is 0.286. The monoisotopic (exact) mass is 248 g/mol. The molecule has 0 radical (unpaired) electrons. The molecule has 0 heterocycles. The second-order valence-electron chi connectivity index (χ2n) is 3.67. The predicted octanol–water partition coefficient (Wildman–Crippen LogP) is 3.90. The Morgan fingerprint density at radius 2 is 1.76 bits per heavy atom. The zero-order valence-electron chi connectivity index (χ0n) is 8.99. The molecule has 0 saturated carbocycles. The molecule has 0 amide bonds. The van der Waals surface area contributed by atoms with Gasteiger partial charge in [-0.15, -0.1) is 0 Å². The number of halogens is 2. The van der Waals surface area contributed by atoms with Crippen LogP contribution in [0.5, 0.6) is 0 Å². The Hall–Kier alpha value is -1.67. The molecule has 1 nitrogen and oxygen atoms in total. The number of rotatable bonds is 3. The van der Waals surface area contributed by atoms with E-state index in [0.717, 1.165) is 0 Å². The summed E-state index contributed by atoms with van der Waals surface area (Å²) in [5.41, 5.74) is 0.815. The normalized spacial score (nSPS) is 10.2. The highest BCUT2D eigenvalue weighted by Gasteiger charge is 2.12. The SMILES string of the molecule is O=C(Cc1c(F)cccc1Cl)c1ccccc1. The molecule has 0 N–H and O–H groups in total.